The molecule has 2 rings (SSSR count). The molecule has 146 valence electrons. The second-order valence-corrected chi connectivity index (χ2v) is 8.90. The molecule has 0 aliphatic rings. The van der Waals surface area contributed by atoms with E-state index in [9.17, 15) is 13.2 Å². The molecular formula is C20H24ClNO4S. The van der Waals surface area contributed by atoms with Crippen LogP contribution in [0.1, 0.15) is 39.0 Å². The summed E-state index contributed by atoms with van der Waals surface area (Å²) in [4.78, 5) is 12.2. The number of unbranched alkanes of at least 4 members (excludes halogenated alkanes) is 3. The van der Waals surface area contributed by atoms with Crippen LogP contribution in [0.3, 0.4) is 0 Å². The molecule has 0 aliphatic carbocycles. The summed E-state index contributed by atoms with van der Waals surface area (Å²) in [6.45, 7) is 2.05. The summed E-state index contributed by atoms with van der Waals surface area (Å²) in [6, 6.07) is 13.4. The fourth-order valence-electron chi connectivity index (χ4n) is 2.99. The van der Waals surface area contributed by atoms with E-state index in [0.717, 1.165) is 19.3 Å². The molecule has 0 fully saturated rings. The van der Waals surface area contributed by atoms with E-state index in [1.54, 1.807) is 42.5 Å². The van der Waals surface area contributed by atoms with Crippen molar-refractivity contribution in [3.8, 4) is 11.1 Å². The Morgan fingerprint density at radius 2 is 1.74 bits per heavy atom. The number of carbonyl (C=O) groups excluding carboxylic acids is 1. The first-order valence-electron chi connectivity index (χ1n) is 8.94. The molecule has 0 saturated carbocycles. The van der Waals surface area contributed by atoms with E-state index in [1.165, 1.54) is 11.5 Å². The van der Waals surface area contributed by atoms with Crippen LogP contribution < -0.4 is 5.48 Å². The van der Waals surface area contributed by atoms with Crippen molar-refractivity contribution in [3.63, 3.8) is 0 Å². The number of hydrogen-bond donors (Lipinski definition) is 2. The Hall–Kier alpha value is -1.89. The molecule has 27 heavy (non-hydrogen) atoms. The molecule has 1 amide bonds. The third-order valence-electron chi connectivity index (χ3n) is 4.45. The number of halogens is 1. The van der Waals surface area contributed by atoms with E-state index in [4.69, 9.17) is 16.8 Å². The molecule has 0 aliphatic heterocycles. The van der Waals surface area contributed by atoms with Crippen LogP contribution in [0.5, 0.6) is 0 Å². The molecule has 7 heteroatoms. The molecule has 0 aromatic heterocycles. The lowest BCUT2D eigenvalue weighted by Gasteiger charge is -2.18. The molecule has 0 bridgehead atoms. The van der Waals surface area contributed by atoms with Crippen LogP contribution in [-0.4, -0.2) is 24.8 Å². The van der Waals surface area contributed by atoms with E-state index < -0.39 is 21.0 Å². The van der Waals surface area contributed by atoms with Gasteiger partial charge in [0.15, 0.2) is 9.84 Å². The highest BCUT2D eigenvalue weighted by Crippen LogP contribution is 2.31. The van der Waals surface area contributed by atoms with E-state index in [0.29, 0.717) is 22.6 Å². The molecule has 2 N–H and O–H groups in total. The Morgan fingerprint density at radius 1 is 1.07 bits per heavy atom. The zero-order valence-electron chi connectivity index (χ0n) is 15.2. The summed E-state index contributed by atoms with van der Waals surface area (Å²) >= 11 is 5.92. The van der Waals surface area contributed by atoms with Crippen molar-refractivity contribution >= 4 is 27.3 Å². The van der Waals surface area contributed by atoms with Crippen LogP contribution in [0, 0.1) is 0 Å². The number of sulfone groups is 1. The third-order valence-corrected chi connectivity index (χ3v) is 6.87. The molecule has 5 nitrogen and oxygen atoms in total. The highest BCUT2D eigenvalue weighted by molar-refractivity contribution is 7.93. The van der Waals surface area contributed by atoms with E-state index in [-0.39, 0.29) is 11.3 Å². The number of nitrogens with one attached hydrogen (secondary N) is 1. The number of hydrogen-bond acceptors (Lipinski definition) is 4. The van der Waals surface area contributed by atoms with Gasteiger partial charge in [0.05, 0.1) is 4.90 Å². The Kier molecular flexibility index (Phi) is 7.83. The van der Waals surface area contributed by atoms with Gasteiger partial charge in [-0.15, -0.1) is 0 Å². The highest BCUT2D eigenvalue weighted by Gasteiger charge is 2.35. The van der Waals surface area contributed by atoms with E-state index >= 15 is 0 Å². The van der Waals surface area contributed by atoms with Gasteiger partial charge in [-0.1, -0.05) is 74.5 Å². The minimum Gasteiger partial charge on any atom is -0.289 e. The molecule has 0 heterocycles. The Balaban J connectivity index is 2.43. The van der Waals surface area contributed by atoms with Gasteiger partial charge < -0.3 is 0 Å². The van der Waals surface area contributed by atoms with Crippen LogP contribution in [0.2, 0.25) is 5.02 Å². The zero-order chi connectivity index (χ0) is 19.9. The van der Waals surface area contributed by atoms with Crippen LogP contribution in [0.15, 0.2) is 53.4 Å². The smallest absolute Gasteiger partial charge is 0.262 e. The maximum atomic E-state index is 13.3. The summed E-state index contributed by atoms with van der Waals surface area (Å²) in [7, 11) is -3.99. The van der Waals surface area contributed by atoms with Crippen LogP contribution in [0.25, 0.3) is 11.1 Å². The number of hydroxylamine groups is 1. The van der Waals surface area contributed by atoms with Gasteiger partial charge >= 0.3 is 0 Å². The number of rotatable bonds is 9. The van der Waals surface area contributed by atoms with E-state index in [1.807, 2.05) is 0 Å². The van der Waals surface area contributed by atoms with Gasteiger partial charge in [0.25, 0.3) is 5.91 Å². The topological polar surface area (TPSA) is 83.5 Å². The molecular weight excluding hydrogens is 386 g/mol. The highest BCUT2D eigenvalue weighted by atomic mass is 35.5. The average molecular weight is 410 g/mol. The lowest BCUT2D eigenvalue weighted by Crippen LogP contribution is -2.38. The van der Waals surface area contributed by atoms with E-state index in [2.05, 4.69) is 6.92 Å². The van der Waals surface area contributed by atoms with Crippen molar-refractivity contribution < 1.29 is 18.4 Å². The van der Waals surface area contributed by atoms with Crippen molar-refractivity contribution in [2.45, 2.75) is 49.2 Å². The molecule has 2 aromatic carbocycles. The van der Waals surface area contributed by atoms with Crippen LogP contribution >= 0.6 is 11.6 Å². The molecule has 0 spiro atoms. The van der Waals surface area contributed by atoms with Gasteiger partial charge in [0.2, 0.25) is 0 Å². The van der Waals surface area contributed by atoms with Crippen LogP contribution in [0.4, 0.5) is 0 Å². The van der Waals surface area contributed by atoms with Gasteiger partial charge in [0.1, 0.15) is 5.25 Å². The second kappa shape index (κ2) is 9.88. The van der Waals surface area contributed by atoms with Crippen molar-refractivity contribution in [1.29, 1.82) is 0 Å². The summed E-state index contributed by atoms with van der Waals surface area (Å²) in [5.74, 6) is -0.905. The van der Waals surface area contributed by atoms with Crippen molar-refractivity contribution in [2.75, 3.05) is 0 Å². The number of benzene rings is 2. The predicted molar refractivity (Wildman–Crippen MR) is 107 cm³/mol. The summed E-state index contributed by atoms with van der Waals surface area (Å²) in [6.07, 6.45) is 3.55. The third kappa shape index (κ3) is 5.31. The molecule has 1 atom stereocenters. The lowest BCUT2D eigenvalue weighted by atomic mass is 10.1. The Labute approximate surface area is 165 Å². The molecule has 0 saturated heterocycles. The number of amides is 1. The summed E-state index contributed by atoms with van der Waals surface area (Å²) in [5, 5.41) is 8.27. The first-order chi connectivity index (χ1) is 12.9. The second-order valence-electron chi connectivity index (χ2n) is 6.36. The van der Waals surface area contributed by atoms with Gasteiger partial charge in [-0.25, -0.2) is 13.9 Å². The van der Waals surface area contributed by atoms with Crippen LogP contribution in [-0.2, 0) is 14.6 Å². The maximum absolute atomic E-state index is 13.3. The largest absolute Gasteiger partial charge is 0.289 e. The zero-order valence-corrected chi connectivity index (χ0v) is 16.8. The predicted octanol–water partition coefficient (Wildman–Crippen LogP) is 4.63. The molecule has 2 aromatic rings. The SMILES string of the molecule is CCCCCCC(C(=O)NO)S(=O)(=O)c1ccccc1-c1ccc(Cl)cc1. The van der Waals surface area contributed by atoms with Crippen molar-refractivity contribution in [3.05, 3.63) is 53.6 Å². The quantitative estimate of drug-likeness (QED) is 0.359. The van der Waals surface area contributed by atoms with Crippen molar-refractivity contribution in [2.24, 2.45) is 0 Å². The number of carbonyl (C=O) groups is 1. The molecule has 0 radical (unpaired) electrons. The fourth-order valence-corrected chi connectivity index (χ4v) is 5.00. The van der Waals surface area contributed by atoms with Gasteiger partial charge in [-0.05, 0) is 30.2 Å². The Bertz CT molecular complexity index is 866. The monoisotopic (exact) mass is 409 g/mol. The van der Waals surface area contributed by atoms with Gasteiger partial charge in [-0.2, -0.15) is 0 Å². The fraction of sp³-hybridized carbons (Fsp3) is 0.350. The minimum atomic E-state index is -3.99. The molecule has 1 unspecified atom stereocenters. The summed E-state index contributed by atoms with van der Waals surface area (Å²) < 4.78 is 26.5. The normalized spacial score (nSPS) is 12.6. The maximum Gasteiger partial charge on any atom is 0.262 e. The lowest BCUT2D eigenvalue weighted by molar-refractivity contribution is -0.128. The summed E-state index contributed by atoms with van der Waals surface area (Å²) in [5.41, 5.74) is 2.70. The average Bonchev–Trinajstić information content (AvgIpc) is 2.68. The standard InChI is InChI=1S/C20H24ClNO4S/c1-2-3-4-5-10-19(20(23)22-24)27(25,26)18-9-7-6-8-17(18)15-11-13-16(21)14-12-15/h6-9,11-14,19,24H,2-5,10H2,1H3,(H,22,23). The first-order valence-corrected chi connectivity index (χ1v) is 10.9. The first kappa shape index (κ1) is 21.4. The van der Waals surface area contributed by atoms with Gasteiger partial charge in [0, 0.05) is 10.6 Å². The van der Waals surface area contributed by atoms with Crippen molar-refractivity contribution in [1.82, 2.24) is 5.48 Å². The minimum absolute atomic E-state index is 0.0661. The Morgan fingerprint density at radius 3 is 2.37 bits per heavy atom. The van der Waals surface area contributed by atoms with Gasteiger partial charge in [-0.3, -0.25) is 10.0 Å².